The topological polar surface area (TPSA) is 74.8 Å². The molecule has 2 amide bonds. The van der Waals surface area contributed by atoms with Gasteiger partial charge >= 0.3 is 12.0 Å². The molecule has 1 N–H and O–H groups in total. The Balaban J connectivity index is 1.42. The third kappa shape index (κ3) is 4.65. The lowest BCUT2D eigenvalue weighted by Crippen LogP contribution is -2.45. The summed E-state index contributed by atoms with van der Waals surface area (Å²) in [5.74, 6) is 0.789. The summed E-state index contributed by atoms with van der Waals surface area (Å²) >= 11 is 0. The lowest BCUT2D eigenvalue weighted by molar-refractivity contribution is -0.149. The van der Waals surface area contributed by atoms with Crippen LogP contribution in [0.25, 0.3) is 0 Å². The lowest BCUT2D eigenvalue weighted by Gasteiger charge is -2.30. The zero-order valence-corrected chi connectivity index (χ0v) is 15.4. The van der Waals surface area contributed by atoms with Crippen molar-refractivity contribution in [1.29, 1.82) is 0 Å². The molecule has 0 bridgehead atoms. The Morgan fingerprint density at radius 1 is 1.19 bits per heavy atom. The van der Waals surface area contributed by atoms with Crippen molar-refractivity contribution in [3.63, 3.8) is 0 Å². The van der Waals surface area contributed by atoms with Crippen LogP contribution in [0, 0.1) is 5.92 Å². The highest BCUT2D eigenvalue weighted by Crippen LogP contribution is 2.19. The zero-order chi connectivity index (χ0) is 18.4. The van der Waals surface area contributed by atoms with Gasteiger partial charge in [0.1, 0.15) is 5.82 Å². The summed E-state index contributed by atoms with van der Waals surface area (Å²) < 4.78 is 5.06. The van der Waals surface area contributed by atoms with Crippen molar-refractivity contribution >= 4 is 17.8 Å². The summed E-state index contributed by atoms with van der Waals surface area (Å²) in [7, 11) is 0. The predicted molar refractivity (Wildman–Crippen MR) is 98.8 cm³/mol. The SMILES string of the molecule is CCOC(=O)C1CCN(C(=O)NCc2ccc(N3CCCC3)nc2)CC1. The molecule has 2 aliphatic rings. The molecule has 0 radical (unpaired) electrons. The summed E-state index contributed by atoms with van der Waals surface area (Å²) in [6, 6.07) is 3.96. The van der Waals surface area contributed by atoms with Crippen LogP contribution in [0.2, 0.25) is 0 Å². The van der Waals surface area contributed by atoms with E-state index in [1.165, 1.54) is 12.8 Å². The molecule has 0 aromatic carbocycles. The normalized spacial score (nSPS) is 18.0. The number of aromatic nitrogens is 1. The molecule has 0 saturated carbocycles. The van der Waals surface area contributed by atoms with Gasteiger partial charge in [-0.3, -0.25) is 4.79 Å². The summed E-state index contributed by atoms with van der Waals surface area (Å²) in [6.45, 7) is 6.00. The maximum Gasteiger partial charge on any atom is 0.317 e. The van der Waals surface area contributed by atoms with E-state index in [1.807, 2.05) is 25.3 Å². The fourth-order valence-electron chi connectivity index (χ4n) is 3.52. The second-order valence-electron chi connectivity index (χ2n) is 6.89. The minimum atomic E-state index is -0.142. The largest absolute Gasteiger partial charge is 0.466 e. The first-order valence-corrected chi connectivity index (χ1v) is 9.56. The number of esters is 1. The van der Waals surface area contributed by atoms with Crippen molar-refractivity contribution in [2.75, 3.05) is 37.7 Å². The molecule has 0 spiro atoms. The van der Waals surface area contributed by atoms with E-state index >= 15 is 0 Å². The van der Waals surface area contributed by atoms with Crippen molar-refractivity contribution in [3.05, 3.63) is 23.9 Å². The molecule has 7 nitrogen and oxygen atoms in total. The number of amides is 2. The van der Waals surface area contributed by atoms with E-state index in [-0.39, 0.29) is 17.9 Å². The van der Waals surface area contributed by atoms with Gasteiger partial charge in [0, 0.05) is 38.9 Å². The molecule has 0 aliphatic carbocycles. The number of nitrogens with one attached hydrogen (secondary N) is 1. The van der Waals surface area contributed by atoms with Crippen LogP contribution < -0.4 is 10.2 Å². The number of carbonyl (C=O) groups excluding carboxylic acids is 2. The zero-order valence-electron chi connectivity index (χ0n) is 15.4. The second-order valence-corrected chi connectivity index (χ2v) is 6.89. The highest BCUT2D eigenvalue weighted by molar-refractivity contribution is 5.76. The van der Waals surface area contributed by atoms with Gasteiger partial charge in [-0.05, 0) is 44.2 Å². The molecule has 2 saturated heterocycles. The smallest absolute Gasteiger partial charge is 0.317 e. The highest BCUT2D eigenvalue weighted by Gasteiger charge is 2.28. The number of anilines is 1. The minimum Gasteiger partial charge on any atom is -0.466 e. The van der Waals surface area contributed by atoms with Crippen LogP contribution in [0.15, 0.2) is 18.3 Å². The maximum atomic E-state index is 12.3. The molecule has 2 aliphatic heterocycles. The number of pyridine rings is 1. The molecule has 26 heavy (non-hydrogen) atoms. The van der Waals surface area contributed by atoms with Crippen molar-refractivity contribution < 1.29 is 14.3 Å². The number of piperidine rings is 1. The Hall–Kier alpha value is -2.31. The number of nitrogens with zero attached hydrogens (tertiary/aromatic N) is 3. The van der Waals surface area contributed by atoms with Crippen molar-refractivity contribution in [2.24, 2.45) is 5.92 Å². The van der Waals surface area contributed by atoms with E-state index in [2.05, 4.69) is 15.2 Å². The fraction of sp³-hybridized carbons (Fsp3) is 0.632. The van der Waals surface area contributed by atoms with Gasteiger partial charge < -0.3 is 19.9 Å². The van der Waals surface area contributed by atoms with Crippen molar-refractivity contribution in [2.45, 2.75) is 39.2 Å². The van der Waals surface area contributed by atoms with Gasteiger partial charge in [0.15, 0.2) is 0 Å². The molecule has 7 heteroatoms. The molecular weight excluding hydrogens is 332 g/mol. The predicted octanol–water partition coefficient (Wildman–Crippen LogP) is 2.17. The van der Waals surface area contributed by atoms with E-state index < -0.39 is 0 Å². The van der Waals surface area contributed by atoms with Crippen molar-refractivity contribution in [1.82, 2.24) is 15.2 Å². The number of hydrogen-bond donors (Lipinski definition) is 1. The van der Waals surface area contributed by atoms with Crippen LogP contribution in [0.4, 0.5) is 10.6 Å². The lowest BCUT2D eigenvalue weighted by atomic mass is 9.97. The van der Waals surface area contributed by atoms with Gasteiger partial charge in [-0.15, -0.1) is 0 Å². The minimum absolute atomic E-state index is 0.0821. The van der Waals surface area contributed by atoms with Crippen LogP contribution >= 0.6 is 0 Å². The van der Waals surface area contributed by atoms with E-state index in [0.717, 1.165) is 24.5 Å². The van der Waals surface area contributed by atoms with Crippen LogP contribution in [0.1, 0.15) is 38.2 Å². The van der Waals surface area contributed by atoms with Gasteiger partial charge in [0.05, 0.1) is 12.5 Å². The quantitative estimate of drug-likeness (QED) is 0.815. The Labute approximate surface area is 154 Å². The standard InChI is InChI=1S/C19H28N4O3/c1-2-26-18(24)16-7-11-23(12-8-16)19(25)21-14-15-5-6-17(20-13-15)22-9-3-4-10-22/h5-6,13,16H,2-4,7-12,14H2,1H3,(H,21,25). The third-order valence-corrected chi connectivity index (χ3v) is 5.09. The molecule has 1 aromatic heterocycles. The van der Waals surface area contributed by atoms with Crippen LogP contribution in [0.5, 0.6) is 0 Å². The Kier molecular flexibility index (Phi) is 6.30. The van der Waals surface area contributed by atoms with E-state index in [1.54, 1.807) is 4.90 Å². The van der Waals surface area contributed by atoms with Gasteiger partial charge in [-0.1, -0.05) is 6.07 Å². The van der Waals surface area contributed by atoms with Crippen molar-refractivity contribution in [3.8, 4) is 0 Å². The molecular formula is C19H28N4O3. The first kappa shape index (κ1) is 18.5. The number of hydrogen-bond acceptors (Lipinski definition) is 5. The number of carbonyl (C=O) groups is 2. The highest BCUT2D eigenvalue weighted by atomic mass is 16.5. The Morgan fingerprint density at radius 2 is 1.92 bits per heavy atom. The fourth-order valence-corrected chi connectivity index (χ4v) is 3.52. The van der Waals surface area contributed by atoms with Gasteiger partial charge in [0.25, 0.3) is 0 Å². The molecule has 2 fully saturated rings. The Morgan fingerprint density at radius 3 is 2.54 bits per heavy atom. The molecule has 3 heterocycles. The number of urea groups is 1. The molecule has 0 atom stereocenters. The van der Waals surface area contributed by atoms with Gasteiger partial charge in [-0.2, -0.15) is 0 Å². The summed E-state index contributed by atoms with van der Waals surface area (Å²) in [4.78, 5) is 32.6. The summed E-state index contributed by atoms with van der Waals surface area (Å²) in [5, 5.41) is 2.94. The first-order valence-electron chi connectivity index (χ1n) is 9.56. The van der Waals surface area contributed by atoms with E-state index in [4.69, 9.17) is 4.74 Å². The Bertz CT molecular complexity index is 606. The monoisotopic (exact) mass is 360 g/mol. The first-order chi connectivity index (χ1) is 12.7. The molecule has 0 unspecified atom stereocenters. The van der Waals surface area contributed by atoms with Crippen LogP contribution in [-0.2, 0) is 16.1 Å². The van der Waals surface area contributed by atoms with E-state index in [0.29, 0.717) is 39.1 Å². The molecule has 1 aromatic rings. The summed E-state index contributed by atoms with van der Waals surface area (Å²) in [6.07, 6.45) is 5.62. The average molecular weight is 360 g/mol. The van der Waals surface area contributed by atoms with Crippen LogP contribution in [0.3, 0.4) is 0 Å². The maximum absolute atomic E-state index is 12.3. The number of ether oxygens (including phenoxy) is 1. The van der Waals surface area contributed by atoms with Gasteiger partial charge in [-0.25, -0.2) is 9.78 Å². The van der Waals surface area contributed by atoms with E-state index in [9.17, 15) is 9.59 Å². The average Bonchev–Trinajstić information content (AvgIpc) is 3.21. The van der Waals surface area contributed by atoms with Gasteiger partial charge in [0.2, 0.25) is 0 Å². The van der Waals surface area contributed by atoms with Crippen LogP contribution in [-0.4, -0.2) is 54.7 Å². The second kappa shape index (κ2) is 8.87. The summed E-state index contributed by atoms with van der Waals surface area (Å²) in [5.41, 5.74) is 0.989. The number of likely N-dealkylation sites (tertiary alicyclic amines) is 1. The third-order valence-electron chi connectivity index (χ3n) is 5.09. The molecule has 142 valence electrons. The number of rotatable bonds is 5. The molecule has 3 rings (SSSR count).